The lowest BCUT2D eigenvalue weighted by atomic mass is 9.91. The minimum Gasteiger partial charge on any atom is -0.391 e. The monoisotopic (exact) mass is 279 g/mol. The van der Waals surface area contributed by atoms with Crippen LogP contribution in [0.1, 0.15) is 36.9 Å². The van der Waals surface area contributed by atoms with Crippen LogP contribution in [0.3, 0.4) is 0 Å². The maximum absolute atomic E-state index is 10.1. The second kappa shape index (κ2) is 6.41. The van der Waals surface area contributed by atoms with Crippen molar-refractivity contribution in [2.45, 2.75) is 44.4 Å². The highest BCUT2D eigenvalue weighted by Gasteiger charge is 2.26. The summed E-state index contributed by atoms with van der Waals surface area (Å²) in [6, 6.07) is 4.10. The number of thiocarbonyl (C=S) groups is 1. The summed E-state index contributed by atoms with van der Waals surface area (Å²) >= 11 is 5.03. The number of hydrogen-bond acceptors (Lipinski definition) is 4. The topological polar surface area (TPSA) is 62.4 Å². The molecule has 4 nitrogen and oxygen atoms in total. The van der Waals surface area contributed by atoms with Gasteiger partial charge in [-0.25, -0.2) is 0 Å². The molecule has 0 aromatic carbocycles. The van der Waals surface area contributed by atoms with Gasteiger partial charge in [-0.05, 0) is 31.5 Å². The fourth-order valence-corrected chi connectivity index (χ4v) is 2.96. The van der Waals surface area contributed by atoms with Gasteiger partial charge in [-0.3, -0.25) is 9.88 Å². The number of hydrogen-bond donors (Lipinski definition) is 2. The van der Waals surface area contributed by atoms with E-state index >= 15 is 0 Å². The molecule has 1 aromatic rings. The van der Waals surface area contributed by atoms with Crippen LogP contribution in [-0.2, 0) is 6.54 Å². The molecule has 0 saturated heterocycles. The summed E-state index contributed by atoms with van der Waals surface area (Å²) in [6.45, 7) is 0.711. The summed E-state index contributed by atoms with van der Waals surface area (Å²) in [5, 5.41) is 10.1. The number of pyridine rings is 1. The van der Waals surface area contributed by atoms with E-state index in [2.05, 4.69) is 9.88 Å². The highest BCUT2D eigenvalue weighted by molar-refractivity contribution is 7.80. The van der Waals surface area contributed by atoms with Crippen molar-refractivity contribution in [3.8, 4) is 0 Å². The third-order valence-electron chi connectivity index (χ3n) is 3.80. The maximum atomic E-state index is 10.1. The Morgan fingerprint density at radius 3 is 2.95 bits per heavy atom. The largest absolute Gasteiger partial charge is 0.391 e. The van der Waals surface area contributed by atoms with Crippen molar-refractivity contribution in [2.24, 2.45) is 5.73 Å². The molecule has 0 bridgehead atoms. The number of aliphatic hydroxyl groups excluding tert-OH is 1. The number of likely N-dealkylation sites (N-methyl/N-ethyl adjacent to an activating group) is 1. The number of aliphatic hydroxyl groups is 1. The molecule has 1 aliphatic rings. The molecule has 1 aliphatic carbocycles. The molecule has 0 spiro atoms. The standard InChI is InChI=1S/C14H21N3OS/c1-17(11-6-2-3-7-12(11)18)9-10-5-4-8-16-13(10)14(15)19/h4-5,8,11-12,18H,2-3,6-7,9H2,1H3,(H2,15,19). The zero-order valence-corrected chi connectivity index (χ0v) is 12.1. The van der Waals surface area contributed by atoms with Crippen molar-refractivity contribution in [2.75, 3.05) is 7.05 Å². The lowest BCUT2D eigenvalue weighted by Gasteiger charge is -2.35. The first-order valence-electron chi connectivity index (χ1n) is 6.71. The van der Waals surface area contributed by atoms with Gasteiger partial charge in [0.1, 0.15) is 10.7 Å². The first-order chi connectivity index (χ1) is 9.09. The highest BCUT2D eigenvalue weighted by atomic mass is 32.1. The van der Waals surface area contributed by atoms with Gasteiger partial charge < -0.3 is 10.8 Å². The van der Waals surface area contributed by atoms with E-state index in [9.17, 15) is 5.11 Å². The van der Waals surface area contributed by atoms with Crippen LogP contribution in [0.15, 0.2) is 18.3 Å². The fourth-order valence-electron chi connectivity index (χ4n) is 2.78. The van der Waals surface area contributed by atoms with E-state index in [-0.39, 0.29) is 12.1 Å². The van der Waals surface area contributed by atoms with Gasteiger partial charge in [0.05, 0.1) is 6.10 Å². The molecule has 2 atom stereocenters. The average molecular weight is 279 g/mol. The van der Waals surface area contributed by atoms with E-state index in [4.69, 9.17) is 18.0 Å². The maximum Gasteiger partial charge on any atom is 0.123 e. The van der Waals surface area contributed by atoms with Crippen molar-refractivity contribution in [3.63, 3.8) is 0 Å². The molecule has 2 unspecified atom stereocenters. The molecule has 2 rings (SSSR count). The first-order valence-corrected chi connectivity index (χ1v) is 7.12. The Kier molecular flexibility index (Phi) is 4.85. The Bertz CT molecular complexity index is 452. The Morgan fingerprint density at radius 1 is 1.53 bits per heavy atom. The van der Waals surface area contributed by atoms with Gasteiger partial charge in [-0.15, -0.1) is 0 Å². The fraction of sp³-hybridized carbons (Fsp3) is 0.571. The zero-order valence-electron chi connectivity index (χ0n) is 11.2. The highest BCUT2D eigenvalue weighted by Crippen LogP contribution is 2.23. The van der Waals surface area contributed by atoms with Crippen molar-refractivity contribution in [3.05, 3.63) is 29.6 Å². The van der Waals surface area contributed by atoms with Crippen LogP contribution in [0.5, 0.6) is 0 Å². The predicted molar refractivity (Wildman–Crippen MR) is 79.9 cm³/mol. The van der Waals surface area contributed by atoms with E-state index in [0.717, 1.165) is 24.8 Å². The molecule has 0 amide bonds. The van der Waals surface area contributed by atoms with Crippen LogP contribution in [0.4, 0.5) is 0 Å². The van der Waals surface area contributed by atoms with Gasteiger partial charge in [0.25, 0.3) is 0 Å². The molecular formula is C14H21N3OS. The summed E-state index contributed by atoms with van der Waals surface area (Å²) < 4.78 is 0. The first kappa shape index (κ1) is 14.4. The minimum atomic E-state index is -0.233. The quantitative estimate of drug-likeness (QED) is 0.817. The van der Waals surface area contributed by atoms with Crippen LogP contribution in [-0.4, -0.2) is 39.2 Å². The Balaban J connectivity index is 2.10. The number of aromatic nitrogens is 1. The van der Waals surface area contributed by atoms with Gasteiger partial charge in [0, 0.05) is 18.8 Å². The summed E-state index contributed by atoms with van der Waals surface area (Å²) in [6.07, 6.45) is 5.71. The summed E-state index contributed by atoms with van der Waals surface area (Å²) in [7, 11) is 2.04. The van der Waals surface area contributed by atoms with Crippen molar-refractivity contribution < 1.29 is 5.11 Å². The smallest absolute Gasteiger partial charge is 0.123 e. The van der Waals surface area contributed by atoms with E-state index in [0.29, 0.717) is 17.2 Å². The van der Waals surface area contributed by atoms with E-state index in [1.165, 1.54) is 6.42 Å². The van der Waals surface area contributed by atoms with E-state index in [1.54, 1.807) is 6.20 Å². The van der Waals surface area contributed by atoms with Crippen LogP contribution in [0.2, 0.25) is 0 Å². The second-order valence-electron chi connectivity index (χ2n) is 5.21. The third-order valence-corrected chi connectivity index (χ3v) is 4.00. The Morgan fingerprint density at radius 2 is 2.26 bits per heavy atom. The predicted octanol–water partition coefficient (Wildman–Crippen LogP) is 1.45. The molecule has 5 heteroatoms. The van der Waals surface area contributed by atoms with E-state index < -0.39 is 0 Å². The van der Waals surface area contributed by atoms with Gasteiger partial charge in [0.2, 0.25) is 0 Å². The number of rotatable bonds is 4. The molecule has 1 saturated carbocycles. The molecule has 0 radical (unpaired) electrons. The van der Waals surface area contributed by atoms with Gasteiger partial charge in [-0.1, -0.05) is 31.1 Å². The molecule has 0 aliphatic heterocycles. The average Bonchev–Trinajstić information content (AvgIpc) is 2.39. The molecular weight excluding hydrogens is 258 g/mol. The second-order valence-corrected chi connectivity index (χ2v) is 5.65. The Labute approximate surface area is 119 Å². The van der Waals surface area contributed by atoms with Crippen molar-refractivity contribution >= 4 is 17.2 Å². The number of nitrogens with zero attached hydrogens (tertiary/aromatic N) is 2. The molecule has 1 aromatic heterocycles. The Hall–Kier alpha value is -1.04. The summed E-state index contributed by atoms with van der Waals surface area (Å²) in [5.74, 6) is 0. The molecule has 104 valence electrons. The van der Waals surface area contributed by atoms with E-state index in [1.807, 2.05) is 19.2 Å². The SMILES string of the molecule is CN(Cc1cccnc1C(N)=S)C1CCCCC1O. The van der Waals surface area contributed by atoms with Gasteiger partial charge in [-0.2, -0.15) is 0 Å². The summed E-state index contributed by atoms with van der Waals surface area (Å²) in [4.78, 5) is 6.75. The normalized spacial score (nSPS) is 23.5. The van der Waals surface area contributed by atoms with Gasteiger partial charge >= 0.3 is 0 Å². The lowest BCUT2D eigenvalue weighted by molar-refractivity contribution is 0.0288. The lowest BCUT2D eigenvalue weighted by Crippen LogP contribution is -2.43. The molecule has 3 N–H and O–H groups in total. The van der Waals surface area contributed by atoms with Crippen LogP contribution in [0, 0.1) is 0 Å². The third kappa shape index (κ3) is 3.49. The van der Waals surface area contributed by atoms with Crippen molar-refractivity contribution in [1.29, 1.82) is 0 Å². The molecule has 1 heterocycles. The summed E-state index contributed by atoms with van der Waals surface area (Å²) in [5.41, 5.74) is 7.41. The molecule has 19 heavy (non-hydrogen) atoms. The minimum absolute atomic E-state index is 0.216. The molecule has 1 fully saturated rings. The zero-order chi connectivity index (χ0) is 13.8. The van der Waals surface area contributed by atoms with Crippen LogP contribution in [0.25, 0.3) is 0 Å². The number of nitrogens with two attached hydrogens (primary N) is 1. The van der Waals surface area contributed by atoms with Gasteiger partial charge in [0.15, 0.2) is 0 Å². The van der Waals surface area contributed by atoms with Crippen molar-refractivity contribution in [1.82, 2.24) is 9.88 Å². The van der Waals surface area contributed by atoms with Crippen LogP contribution < -0.4 is 5.73 Å². The van der Waals surface area contributed by atoms with Crippen LogP contribution >= 0.6 is 12.2 Å².